The van der Waals surface area contributed by atoms with Gasteiger partial charge in [0.1, 0.15) is 0 Å². The summed E-state index contributed by atoms with van der Waals surface area (Å²) in [6, 6.07) is 12.9. The highest BCUT2D eigenvalue weighted by molar-refractivity contribution is 14.1. The molecule has 1 fully saturated rings. The molecule has 1 N–H and O–H groups in total. The number of hydrogen-bond donors (Lipinski definition) is 1. The molecule has 0 aliphatic carbocycles. The maximum atomic E-state index is 13.4. The number of non-ortho nitro benzene ring substituents is 1. The Hall–Kier alpha value is -2.26. The number of nitro benzene ring substituents is 1. The molecule has 0 radical (unpaired) electrons. The molecule has 2 aromatic carbocycles. The van der Waals surface area contributed by atoms with Gasteiger partial charge in [0, 0.05) is 56.0 Å². The quantitative estimate of drug-likeness (QED) is 0.228. The number of carbonyl (C=O) groups is 1. The number of para-hydroxylation sites is 1. The van der Waals surface area contributed by atoms with E-state index in [1.807, 2.05) is 30.5 Å². The van der Waals surface area contributed by atoms with Crippen LogP contribution in [0.3, 0.4) is 0 Å². The number of nitrogens with zero attached hydrogens (tertiary/aromatic N) is 2. The Morgan fingerprint density at radius 3 is 2.76 bits per heavy atom. The van der Waals surface area contributed by atoms with E-state index in [1.165, 1.54) is 25.0 Å². The Bertz CT molecular complexity index is 1090. The lowest BCUT2D eigenvalue weighted by Gasteiger charge is -2.30. The number of halogens is 1. The molecule has 0 unspecified atom stereocenters. The van der Waals surface area contributed by atoms with Crippen LogP contribution in [0.2, 0.25) is 0 Å². The van der Waals surface area contributed by atoms with Crippen molar-refractivity contribution < 1.29 is 9.72 Å². The molecule has 4 rings (SSSR count). The van der Waals surface area contributed by atoms with Crippen molar-refractivity contribution >= 4 is 45.0 Å². The van der Waals surface area contributed by atoms with Crippen molar-refractivity contribution in [2.45, 2.75) is 38.3 Å². The third-order valence-corrected chi connectivity index (χ3v) is 6.70. The van der Waals surface area contributed by atoms with E-state index in [9.17, 15) is 14.9 Å². The van der Waals surface area contributed by atoms with E-state index in [4.69, 9.17) is 0 Å². The predicted octanol–water partition coefficient (Wildman–Crippen LogP) is 5.09. The summed E-state index contributed by atoms with van der Waals surface area (Å²) in [5.41, 5.74) is 1.89. The lowest BCUT2D eigenvalue weighted by molar-refractivity contribution is -0.384. The molecular formula is C22H22IN3O3. The SMILES string of the molecule is C[C@@H]([C@H]1CCCCN1)n1cc(C(=O)c2cc([N+](=O)[O-])ccc2I)c2ccccc21. The first-order valence-electron chi connectivity index (χ1n) is 9.79. The van der Waals surface area contributed by atoms with Gasteiger partial charge >= 0.3 is 0 Å². The summed E-state index contributed by atoms with van der Waals surface area (Å²) >= 11 is 2.06. The first kappa shape index (κ1) is 20.0. The average molecular weight is 503 g/mol. The second kappa shape index (κ2) is 8.23. The van der Waals surface area contributed by atoms with Gasteiger partial charge in [-0.05, 0) is 61.0 Å². The zero-order valence-corrected chi connectivity index (χ0v) is 18.3. The number of rotatable bonds is 5. The van der Waals surface area contributed by atoms with Crippen LogP contribution in [0.4, 0.5) is 5.69 Å². The fourth-order valence-corrected chi connectivity index (χ4v) is 4.73. The fourth-order valence-electron chi connectivity index (χ4n) is 4.15. The van der Waals surface area contributed by atoms with Gasteiger partial charge in [0.25, 0.3) is 5.69 Å². The average Bonchev–Trinajstić information content (AvgIpc) is 3.13. The van der Waals surface area contributed by atoms with Crippen LogP contribution in [0.15, 0.2) is 48.7 Å². The first-order valence-corrected chi connectivity index (χ1v) is 10.9. The third-order valence-electron chi connectivity index (χ3n) is 5.76. The van der Waals surface area contributed by atoms with Gasteiger partial charge < -0.3 is 9.88 Å². The summed E-state index contributed by atoms with van der Waals surface area (Å²) in [6.07, 6.45) is 5.44. The van der Waals surface area contributed by atoms with Crippen molar-refractivity contribution in [3.05, 3.63) is 73.5 Å². The van der Waals surface area contributed by atoms with Crippen LogP contribution in [-0.2, 0) is 0 Å². The minimum absolute atomic E-state index is 0.0720. The highest BCUT2D eigenvalue weighted by Gasteiger charge is 2.26. The van der Waals surface area contributed by atoms with Gasteiger partial charge in [-0.1, -0.05) is 24.6 Å². The molecule has 7 heteroatoms. The van der Waals surface area contributed by atoms with Crippen LogP contribution < -0.4 is 5.32 Å². The largest absolute Gasteiger partial charge is 0.342 e. The number of nitrogens with one attached hydrogen (secondary N) is 1. The van der Waals surface area contributed by atoms with Gasteiger partial charge in [0.2, 0.25) is 0 Å². The molecule has 1 aliphatic heterocycles. The maximum Gasteiger partial charge on any atom is 0.270 e. The Balaban J connectivity index is 1.80. The molecule has 2 atom stereocenters. The summed E-state index contributed by atoms with van der Waals surface area (Å²) in [4.78, 5) is 24.1. The van der Waals surface area contributed by atoms with Crippen molar-refractivity contribution in [2.75, 3.05) is 6.54 Å². The third kappa shape index (κ3) is 3.81. The van der Waals surface area contributed by atoms with E-state index >= 15 is 0 Å². The summed E-state index contributed by atoms with van der Waals surface area (Å²) in [5, 5.41) is 15.7. The number of carbonyl (C=O) groups excluding carboxylic acids is 1. The van der Waals surface area contributed by atoms with Crippen molar-refractivity contribution in [1.82, 2.24) is 9.88 Å². The number of hydrogen-bond acceptors (Lipinski definition) is 4. The van der Waals surface area contributed by atoms with Gasteiger partial charge in [0.15, 0.2) is 5.78 Å². The molecular weight excluding hydrogens is 481 g/mol. The summed E-state index contributed by atoms with van der Waals surface area (Å²) < 4.78 is 2.88. The molecule has 29 heavy (non-hydrogen) atoms. The van der Waals surface area contributed by atoms with Crippen LogP contribution >= 0.6 is 22.6 Å². The maximum absolute atomic E-state index is 13.4. The molecule has 0 spiro atoms. The summed E-state index contributed by atoms with van der Waals surface area (Å²) in [5.74, 6) is -0.183. The molecule has 0 saturated carbocycles. The van der Waals surface area contributed by atoms with E-state index < -0.39 is 4.92 Å². The smallest absolute Gasteiger partial charge is 0.270 e. The predicted molar refractivity (Wildman–Crippen MR) is 122 cm³/mol. The molecule has 1 aliphatic rings. The lowest BCUT2D eigenvalue weighted by atomic mass is 9.99. The van der Waals surface area contributed by atoms with E-state index in [-0.39, 0.29) is 17.5 Å². The van der Waals surface area contributed by atoms with Crippen molar-refractivity contribution in [1.29, 1.82) is 0 Å². The van der Waals surface area contributed by atoms with Crippen LogP contribution in [0, 0.1) is 13.7 Å². The monoisotopic (exact) mass is 503 g/mol. The zero-order valence-electron chi connectivity index (χ0n) is 16.1. The van der Waals surface area contributed by atoms with Crippen LogP contribution in [0.25, 0.3) is 10.9 Å². The molecule has 2 heterocycles. The normalized spacial score (nSPS) is 17.9. The van der Waals surface area contributed by atoms with Gasteiger partial charge in [0.05, 0.1) is 4.92 Å². The van der Waals surface area contributed by atoms with Gasteiger partial charge in [-0.2, -0.15) is 0 Å². The lowest BCUT2D eigenvalue weighted by Crippen LogP contribution is -2.39. The van der Waals surface area contributed by atoms with Gasteiger partial charge in [-0.15, -0.1) is 0 Å². The second-order valence-electron chi connectivity index (χ2n) is 7.51. The second-order valence-corrected chi connectivity index (χ2v) is 8.68. The van der Waals surface area contributed by atoms with Crippen LogP contribution in [-0.4, -0.2) is 27.9 Å². The molecule has 1 saturated heterocycles. The Kier molecular flexibility index (Phi) is 5.69. The van der Waals surface area contributed by atoms with Crippen molar-refractivity contribution in [3.63, 3.8) is 0 Å². The number of aromatic nitrogens is 1. The van der Waals surface area contributed by atoms with Gasteiger partial charge in [-0.25, -0.2) is 0 Å². The fraction of sp³-hybridized carbons (Fsp3) is 0.318. The zero-order chi connectivity index (χ0) is 20.5. The molecule has 150 valence electrons. The molecule has 0 bridgehead atoms. The number of ketones is 1. The Morgan fingerprint density at radius 2 is 2.03 bits per heavy atom. The topological polar surface area (TPSA) is 77.2 Å². The summed E-state index contributed by atoms with van der Waals surface area (Å²) in [6.45, 7) is 3.20. The van der Waals surface area contributed by atoms with Crippen molar-refractivity contribution in [2.24, 2.45) is 0 Å². The molecule has 3 aromatic rings. The van der Waals surface area contributed by atoms with Crippen molar-refractivity contribution in [3.8, 4) is 0 Å². The van der Waals surface area contributed by atoms with Gasteiger partial charge in [-0.3, -0.25) is 14.9 Å². The number of benzene rings is 2. The van der Waals surface area contributed by atoms with Crippen LogP contribution in [0.1, 0.15) is 48.1 Å². The number of fused-ring (bicyclic) bond motifs is 1. The van der Waals surface area contributed by atoms with E-state index in [0.717, 1.165) is 23.9 Å². The van der Waals surface area contributed by atoms with E-state index in [0.29, 0.717) is 20.7 Å². The highest BCUT2D eigenvalue weighted by Crippen LogP contribution is 2.31. The number of piperidine rings is 1. The highest BCUT2D eigenvalue weighted by atomic mass is 127. The number of nitro groups is 1. The van der Waals surface area contributed by atoms with Crippen LogP contribution in [0.5, 0.6) is 0 Å². The minimum atomic E-state index is -0.465. The minimum Gasteiger partial charge on any atom is -0.342 e. The molecule has 0 amide bonds. The standard InChI is InChI=1S/C22H22IN3O3/c1-14(20-7-4-5-11-24-20)25-13-18(16-6-2-3-8-21(16)25)22(27)17-12-15(26(28)29)9-10-19(17)23/h2-3,6,8-10,12-14,20,24H,4-5,7,11H2,1H3/t14-,20+/m0/s1. The van der Waals surface area contributed by atoms with E-state index in [1.54, 1.807) is 6.07 Å². The summed E-state index contributed by atoms with van der Waals surface area (Å²) in [7, 11) is 0. The molecule has 6 nitrogen and oxygen atoms in total. The first-order chi connectivity index (χ1) is 14.0. The Labute approximate surface area is 182 Å². The Morgan fingerprint density at radius 1 is 1.24 bits per heavy atom. The van der Waals surface area contributed by atoms with E-state index in [2.05, 4.69) is 39.4 Å². The molecule has 1 aromatic heterocycles.